The van der Waals surface area contributed by atoms with Crippen LogP contribution in [0.15, 0.2) is 24.3 Å². The third kappa shape index (κ3) is 3.19. The number of benzene rings is 1. The van der Waals surface area contributed by atoms with Gasteiger partial charge in [0.25, 0.3) is 0 Å². The van der Waals surface area contributed by atoms with Crippen molar-refractivity contribution in [3.8, 4) is 22.9 Å². The number of nitriles is 1. The molecule has 25 heavy (non-hydrogen) atoms. The van der Waals surface area contributed by atoms with Crippen LogP contribution in [0, 0.1) is 22.5 Å². The molecular formula is C17H14N4O3S. The third-order valence-corrected chi connectivity index (χ3v) is 4.18. The quantitative estimate of drug-likeness (QED) is 0.577. The molecule has 2 aromatic rings. The molecule has 1 saturated heterocycles. The highest BCUT2D eigenvalue weighted by Gasteiger charge is 2.28. The first-order valence-corrected chi connectivity index (χ1v) is 7.82. The minimum atomic E-state index is -0.661. The highest BCUT2D eigenvalue weighted by molar-refractivity contribution is 7.71. The number of anilines is 1. The standard InChI is InChI=1S/C17H14N4O3S/c1-20-15-14(11(6-18)17(25)21-16(15)19)9-2-4-10(5-3-9)24-13-8-23-7-12(13)22/h2-5,12-13,22H,7-8H2,(H3,19,21,25)/t12-,13-/m0/s1. The van der Waals surface area contributed by atoms with Gasteiger partial charge in [0.1, 0.15) is 34.5 Å². The Morgan fingerprint density at radius 2 is 2.12 bits per heavy atom. The monoisotopic (exact) mass is 354 g/mol. The van der Waals surface area contributed by atoms with Gasteiger partial charge in [0.05, 0.1) is 25.3 Å². The minimum absolute atomic E-state index is 0.126. The maximum atomic E-state index is 9.73. The summed E-state index contributed by atoms with van der Waals surface area (Å²) >= 11 is 5.14. The van der Waals surface area contributed by atoms with Crippen LogP contribution in [0.4, 0.5) is 11.5 Å². The molecule has 1 aliphatic rings. The fraction of sp³-hybridized carbons (Fsp3) is 0.235. The topological polar surface area (TPSA) is 109 Å². The van der Waals surface area contributed by atoms with Crippen LogP contribution in [0.3, 0.4) is 0 Å². The van der Waals surface area contributed by atoms with E-state index in [9.17, 15) is 10.4 Å². The molecule has 0 spiro atoms. The van der Waals surface area contributed by atoms with Crippen LogP contribution >= 0.6 is 12.2 Å². The Morgan fingerprint density at radius 3 is 2.68 bits per heavy atom. The Hall–Kier alpha value is -2.91. The molecule has 7 nitrogen and oxygen atoms in total. The maximum Gasteiger partial charge on any atom is 0.234 e. The van der Waals surface area contributed by atoms with E-state index in [-0.39, 0.29) is 28.3 Å². The number of H-pyrrole nitrogens is 1. The summed E-state index contributed by atoms with van der Waals surface area (Å²) in [7, 11) is 0. The molecular weight excluding hydrogens is 340 g/mol. The van der Waals surface area contributed by atoms with Crippen LogP contribution in [0.25, 0.3) is 16.0 Å². The van der Waals surface area contributed by atoms with Crippen LogP contribution < -0.4 is 10.5 Å². The predicted octanol–water partition coefficient (Wildman–Crippen LogP) is 2.55. The molecule has 126 valence electrons. The van der Waals surface area contributed by atoms with Crippen LogP contribution in [0.2, 0.25) is 0 Å². The second-order valence-electron chi connectivity index (χ2n) is 5.48. The van der Waals surface area contributed by atoms with Gasteiger partial charge in [0.15, 0.2) is 0 Å². The number of nitrogen functional groups attached to an aromatic ring is 1. The predicted molar refractivity (Wildman–Crippen MR) is 93.7 cm³/mol. The molecule has 0 radical (unpaired) electrons. The number of nitrogens with one attached hydrogen (secondary N) is 1. The number of aromatic nitrogens is 1. The van der Waals surface area contributed by atoms with Gasteiger partial charge >= 0.3 is 0 Å². The Balaban J connectivity index is 1.99. The number of nitrogens with two attached hydrogens (primary N) is 1. The Morgan fingerprint density at radius 1 is 1.40 bits per heavy atom. The lowest BCUT2D eigenvalue weighted by atomic mass is 10.00. The second-order valence-corrected chi connectivity index (χ2v) is 5.88. The second kappa shape index (κ2) is 6.91. The van der Waals surface area contributed by atoms with Crippen molar-refractivity contribution in [3.05, 3.63) is 45.9 Å². The van der Waals surface area contributed by atoms with E-state index < -0.39 is 12.2 Å². The number of pyridine rings is 1. The zero-order chi connectivity index (χ0) is 18.0. The molecule has 0 amide bonds. The van der Waals surface area contributed by atoms with Gasteiger partial charge in [-0.25, -0.2) is 4.85 Å². The van der Waals surface area contributed by atoms with Gasteiger partial charge < -0.3 is 25.3 Å². The molecule has 0 saturated carbocycles. The van der Waals surface area contributed by atoms with Crippen molar-refractivity contribution in [2.45, 2.75) is 12.2 Å². The summed E-state index contributed by atoms with van der Waals surface area (Å²) < 4.78 is 11.0. The zero-order valence-electron chi connectivity index (χ0n) is 13.0. The first kappa shape index (κ1) is 16.9. The van der Waals surface area contributed by atoms with E-state index in [0.717, 1.165) is 0 Å². The van der Waals surface area contributed by atoms with Gasteiger partial charge in [-0.3, -0.25) is 0 Å². The van der Waals surface area contributed by atoms with E-state index in [4.69, 9.17) is 34.0 Å². The summed E-state index contributed by atoms with van der Waals surface area (Å²) in [4.78, 5) is 6.10. The van der Waals surface area contributed by atoms with E-state index in [2.05, 4.69) is 9.83 Å². The average Bonchev–Trinajstić information content (AvgIpc) is 3.00. The maximum absolute atomic E-state index is 9.73. The Bertz CT molecular complexity index is 941. The molecule has 2 heterocycles. The summed E-state index contributed by atoms with van der Waals surface area (Å²) in [6.07, 6.45) is -1.08. The van der Waals surface area contributed by atoms with Crippen LogP contribution in [0.1, 0.15) is 5.56 Å². The van der Waals surface area contributed by atoms with Gasteiger partial charge in [-0.1, -0.05) is 24.4 Å². The van der Waals surface area contributed by atoms with Gasteiger partial charge in [-0.2, -0.15) is 5.26 Å². The van der Waals surface area contributed by atoms with Crippen molar-refractivity contribution in [1.29, 1.82) is 5.26 Å². The lowest BCUT2D eigenvalue weighted by Crippen LogP contribution is -2.29. The molecule has 1 aromatic heterocycles. The first-order valence-electron chi connectivity index (χ1n) is 7.41. The Labute approximate surface area is 149 Å². The van der Waals surface area contributed by atoms with E-state index in [1.165, 1.54) is 0 Å². The highest BCUT2D eigenvalue weighted by atomic mass is 32.1. The van der Waals surface area contributed by atoms with Crippen molar-refractivity contribution in [2.24, 2.45) is 0 Å². The van der Waals surface area contributed by atoms with Crippen LogP contribution in [-0.2, 0) is 4.74 Å². The fourth-order valence-corrected chi connectivity index (χ4v) is 2.88. The van der Waals surface area contributed by atoms with E-state index in [0.29, 0.717) is 23.5 Å². The largest absolute Gasteiger partial charge is 0.485 e. The smallest absolute Gasteiger partial charge is 0.234 e. The van der Waals surface area contributed by atoms with E-state index in [1.54, 1.807) is 24.3 Å². The zero-order valence-corrected chi connectivity index (χ0v) is 13.8. The molecule has 0 bridgehead atoms. The van der Waals surface area contributed by atoms with Crippen molar-refractivity contribution >= 4 is 23.7 Å². The minimum Gasteiger partial charge on any atom is -0.485 e. The van der Waals surface area contributed by atoms with Crippen molar-refractivity contribution in [1.82, 2.24) is 4.98 Å². The number of nitrogens with zero attached hydrogens (tertiary/aromatic N) is 2. The summed E-state index contributed by atoms with van der Waals surface area (Å²) in [6.45, 7) is 7.93. The number of aromatic amines is 1. The molecule has 2 atom stereocenters. The molecule has 8 heteroatoms. The lowest BCUT2D eigenvalue weighted by molar-refractivity contribution is 0.0733. The van der Waals surface area contributed by atoms with Crippen molar-refractivity contribution < 1.29 is 14.6 Å². The average molecular weight is 354 g/mol. The molecule has 4 N–H and O–H groups in total. The van der Waals surface area contributed by atoms with Crippen molar-refractivity contribution in [2.75, 3.05) is 18.9 Å². The molecule has 0 aliphatic carbocycles. The molecule has 1 aromatic carbocycles. The lowest BCUT2D eigenvalue weighted by Gasteiger charge is -2.16. The SMILES string of the molecule is [C-]#[N+]c1c(N)[nH]c(=S)c(C#N)c1-c1ccc(O[C@H]2COC[C@@H]2O)cc1. The number of rotatable bonds is 3. The van der Waals surface area contributed by atoms with Gasteiger partial charge in [-0.05, 0) is 17.7 Å². The van der Waals surface area contributed by atoms with Crippen LogP contribution in [0.5, 0.6) is 5.75 Å². The molecule has 3 rings (SSSR count). The summed E-state index contributed by atoms with van der Waals surface area (Å²) in [5.74, 6) is 0.677. The summed E-state index contributed by atoms with van der Waals surface area (Å²) in [6, 6.07) is 8.87. The van der Waals surface area contributed by atoms with Gasteiger partial charge in [0.2, 0.25) is 5.69 Å². The first-order chi connectivity index (χ1) is 12.0. The van der Waals surface area contributed by atoms with Crippen LogP contribution in [-0.4, -0.2) is 35.5 Å². The fourth-order valence-electron chi connectivity index (χ4n) is 2.63. The van der Waals surface area contributed by atoms with E-state index in [1.807, 2.05) is 6.07 Å². The normalized spacial score (nSPS) is 19.2. The number of ether oxygens (including phenoxy) is 2. The number of hydrogen-bond acceptors (Lipinski definition) is 6. The molecule has 0 unspecified atom stereocenters. The Kier molecular flexibility index (Phi) is 4.68. The number of aliphatic hydroxyl groups excluding tert-OH is 1. The van der Waals surface area contributed by atoms with E-state index >= 15 is 0 Å². The van der Waals surface area contributed by atoms with Gasteiger partial charge in [0, 0.05) is 5.56 Å². The van der Waals surface area contributed by atoms with Crippen molar-refractivity contribution in [3.63, 3.8) is 0 Å². The molecule has 1 aliphatic heterocycles. The number of hydrogen-bond donors (Lipinski definition) is 3. The number of aliphatic hydroxyl groups is 1. The molecule has 1 fully saturated rings. The summed E-state index contributed by atoms with van der Waals surface area (Å²) in [5.41, 5.74) is 7.21. The van der Waals surface area contributed by atoms with Gasteiger partial charge in [-0.15, -0.1) is 0 Å². The third-order valence-electron chi connectivity index (χ3n) is 3.87. The summed E-state index contributed by atoms with van der Waals surface area (Å²) in [5, 5.41) is 19.1. The highest BCUT2D eigenvalue weighted by Crippen LogP contribution is 2.38.